The van der Waals surface area contributed by atoms with Crippen LogP contribution < -0.4 is 4.72 Å². The number of anilines is 1. The van der Waals surface area contributed by atoms with E-state index in [-0.39, 0.29) is 18.9 Å². The second-order valence-electron chi connectivity index (χ2n) is 4.94. The third-order valence-electron chi connectivity index (χ3n) is 3.42. The average molecular weight is 378 g/mol. The summed E-state index contributed by atoms with van der Waals surface area (Å²) < 4.78 is 29.0. The van der Waals surface area contributed by atoms with Crippen LogP contribution in [0.5, 0.6) is 0 Å². The first-order chi connectivity index (χ1) is 9.79. The maximum Gasteiger partial charge on any atom is 0.306 e. The van der Waals surface area contributed by atoms with Gasteiger partial charge in [0.2, 0.25) is 0 Å². The molecular formula is C12H16BrN3O4S. The Hall–Kier alpha value is -1.19. The molecule has 1 fully saturated rings. The molecule has 7 nitrogen and oxygen atoms in total. The van der Waals surface area contributed by atoms with E-state index in [0.29, 0.717) is 12.8 Å². The number of rotatable bonds is 4. The molecule has 0 atom stereocenters. The van der Waals surface area contributed by atoms with Gasteiger partial charge < -0.3 is 5.11 Å². The number of carboxylic acids is 1. The summed E-state index contributed by atoms with van der Waals surface area (Å²) in [4.78, 5) is 14.9. The molecule has 1 aliphatic rings. The fourth-order valence-electron chi connectivity index (χ4n) is 2.13. The number of carboxylic acid groups (broad SMARTS) is 1. The molecule has 1 aromatic rings. The lowest BCUT2D eigenvalue weighted by atomic mass is 9.99. The van der Waals surface area contributed by atoms with Crippen LogP contribution in [0.1, 0.15) is 18.4 Å². The van der Waals surface area contributed by atoms with Gasteiger partial charge in [0.25, 0.3) is 0 Å². The normalized spacial score (nSPS) is 17.6. The third kappa shape index (κ3) is 3.92. The highest BCUT2D eigenvalue weighted by Crippen LogP contribution is 2.22. The SMILES string of the molecule is Cc1cc(NS(=O)(=O)N2CCC(C(=O)O)CC2)ncc1Br. The van der Waals surface area contributed by atoms with Crippen LogP contribution >= 0.6 is 15.9 Å². The van der Waals surface area contributed by atoms with Crippen molar-refractivity contribution in [2.45, 2.75) is 19.8 Å². The number of hydrogen-bond acceptors (Lipinski definition) is 4. The van der Waals surface area contributed by atoms with Crippen LogP contribution in [0.3, 0.4) is 0 Å². The van der Waals surface area contributed by atoms with Crippen molar-refractivity contribution < 1.29 is 18.3 Å². The first-order valence-electron chi connectivity index (χ1n) is 6.42. The predicted molar refractivity (Wildman–Crippen MR) is 81.1 cm³/mol. The predicted octanol–water partition coefficient (Wildman–Crippen LogP) is 1.61. The monoisotopic (exact) mass is 377 g/mol. The third-order valence-corrected chi connectivity index (χ3v) is 5.77. The fourth-order valence-corrected chi connectivity index (χ4v) is 3.55. The number of halogens is 1. The minimum Gasteiger partial charge on any atom is -0.481 e. The van der Waals surface area contributed by atoms with Gasteiger partial charge in [-0.25, -0.2) is 4.98 Å². The van der Waals surface area contributed by atoms with E-state index in [0.717, 1.165) is 10.0 Å². The summed E-state index contributed by atoms with van der Waals surface area (Å²) >= 11 is 3.30. The Kier molecular flexibility index (Phi) is 4.84. The number of pyridine rings is 1. The molecule has 1 saturated heterocycles. The van der Waals surface area contributed by atoms with E-state index >= 15 is 0 Å². The van der Waals surface area contributed by atoms with Gasteiger partial charge in [0.05, 0.1) is 5.92 Å². The summed E-state index contributed by atoms with van der Waals surface area (Å²) in [6.45, 7) is 2.23. The molecule has 0 radical (unpaired) electrons. The van der Waals surface area contributed by atoms with Crippen LogP contribution in [0, 0.1) is 12.8 Å². The van der Waals surface area contributed by atoms with Crippen molar-refractivity contribution in [2.75, 3.05) is 17.8 Å². The van der Waals surface area contributed by atoms with Crippen molar-refractivity contribution in [3.05, 3.63) is 22.3 Å². The molecular weight excluding hydrogens is 362 g/mol. The van der Waals surface area contributed by atoms with Gasteiger partial charge in [0.15, 0.2) is 0 Å². The van der Waals surface area contributed by atoms with Gasteiger partial charge in [0.1, 0.15) is 5.82 Å². The van der Waals surface area contributed by atoms with E-state index in [2.05, 4.69) is 25.6 Å². The number of aromatic nitrogens is 1. The molecule has 0 amide bonds. The Morgan fingerprint density at radius 1 is 1.48 bits per heavy atom. The first-order valence-corrected chi connectivity index (χ1v) is 8.66. The minimum absolute atomic E-state index is 0.196. The number of piperidine rings is 1. The maximum absolute atomic E-state index is 12.2. The zero-order valence-corrected chi connectivity index (χ0v) is 13.8. The summed E-state index contributed by atoms with van der Waals surface area (Å²) in [5.74, 6) is -1.09. The number of aryl methyl sites for hydroxylation is 1. The summed E-state index contributed by atoms with van der Waals surface area (Å²) in [7, 11) is -3.70. The van der Waals surface area contributed by atoms with Crippen molar-refractivity contribution in [3.63, 3.8) is 0 Å². The fraction of sp³-hybridized carbons (Fsp3) is 0.500. The molecule has 9 heteroatoms. The van der Waals surface area contributed by atoms with Crippen LogP contribution in [0.15, 0.2) is 16.7 Å². The Morgan fingerprint density at radius 3 is 2.62 bits per heavy atom. The molecule has 1 aliphatic heterocycles. The van der Waals surface area contributed by atoms with Crippen molar-refractivity contribution in [1.29, 1.82) is 0 Å². The quantitative estimate of drug-likeness (QED) is 0.829. The molecule has 2 rings (SSSR count). The molecule has 1 aromatic heterocycles. The van der Waals surface area contributed by atoms with Crippen molar-refractivity contribution in [2.24, 2.45) is 5.92 Å². The van der Waals surface area contributed by atoms with Crippen molar-refractivity contribution in [1.82, 2.24) is 9.29 Å². The second kappa shape index (κ2) is 6.29. The molecule has 0 aromatic carbocycles. The molecule has 116 valence electrons. The largest absolute Gasteiger partial charge is 0.481 e. The Labute approximate surface area is 131 Å². The molecule has 2 N–H and O–H groups in total. The lowest BCUT2D eigenvalue weighted by Gasteiger charge is -2.29. The zero-order chi connectivity index (χ0) is 15.6. The summed E-state index contributed by atoms with van der Waals surface area (Å²) in [6.07, 6.45) is 2.18. The van der Waals surface area contributed by atoms with E-state index < -0.39 is 22.1 Å². The summed E-state index contributed by atoms with van der Waals surface area (Å²) in [5, 5.41) is 8.92. The first kappa shape index (κ1) is 16.2. The highest BCUT2D eigenvalue weighted by atomic mass is 79.9. The van der Waals surface area contributed by atoms with E-state index in [4.69, 9.17) is 5.11 Å². The van der Waals surface area contributed by atoms with Gasteiger partial charge in [-0.1, -0.05) is 0 Å². The number of aliphatic carboxylic acids is 1. The number of hydrogen-bond donors (Lipinski definition) is 2. The number of nitrogens with zero attached hydrogens (tertiary/aromatic N) is 2. The zero-order valence-electron chi connectivity index (χ0n) is 11.4. The van der Waals surface area contributed by atoms with Gasteiger partial charge in [-0.2, -0.15) is 12.7 Å². The van der Waals surface area contributed by atoms with E-state index in [1.54, 1.807) is 6.07 Å². The van der Waals surface area contributed by atoms with Gasteiger partial charge in [-0.05, 0) is 47.3 Å². The van der Waals surface area contributed by atoms with Gasteiger partial charge >= 0.3 is 16.2 Å². The number of nitrogens with one attached hydrogen (secondary N) is 1. The molecule has 0 spiro atoms. The Balaban J connectivity index is 2.05. The minimum atomic E-state index is -3.70. The highest BCUT2D eigenvalue weighted by molar-refractivity contribution is 9.10. The van der Waals surface area contributed by atoms with E-state index in [1.807, 2.05) is 6.92 Å². The molecule has 0 unspecified atom stereocenters. The van der Waals surface area contributed by atoms with Crippen molar-refractivity contribution in [3.8, 4) is 0 Å². The summed E-state index contributed by atoms with van der Waals surface area (Å²) in [5.41, 5.74) is 0.868. The van der Waals surface area contributed by atoms with Crippen LogP contribution in [-0.4, -0.2) is 41.9 Å². The van der Waals surface area contributed by atoms with Crippen LogP contribution in [0.2, 0.25) is 0 Å². The number of carbonyl (C=O) groups is 1. The van der Waals surface area contributed by atoms with Crippen LogP contribution in [-0.2, 0) is 15.0 Å². The summed E-state index contributed by atoms with van der Waals surface area (Å²) in [6, 6.07) is 1.63. The highest BCUT2D eigenvalue weighted by Gasteiger charge is 2.31. The molecule has 0 saturated carbocycles. The van der Waals surface area contributed by atoms with Gasteiger partial charge in [-0.3, -0.25) is 9.52 Å². The van der Waals surface area contributed by atoms with E-state index in [9.17, 15) is 13.2 Å². The van der Waals surface area contributed by atoms with E-state index in [1.165, 1.54) is 10.5 Å². The van der Waals surface area contributed by atoms with Crippen molar-refractivity contribution >= 4 is 37.9 Å². The second-order valence-corrected chi connectivity index (χ2v) is 7.46. The lowest BCUT2D eigenvalue weighted by Crippen LogP contribution is -2.43. The van der Waals surface area contributed by atoms with Gasteiger partial charge in [-0.15, -0.1) is 0 Å². The van der Waals surface area contributed by atoms with Crippen LogP contribution in [0.25, 0.3) is 0 Å². The topological polar surface area (TPSA) is 99.6 Å². The Bertz CT molecular complexity index is 642. The standard InChI is InChI=1S/C12H16BrN3O4S/c1-8-6-11(14-7-10(8)13)15-21(19,20)16-4-2-9(3-5-16)12(17)18/h6-7,9H,2-5H2,1H3,(H,14,15)(H,17,18). The Morgan fingerprint density at radius 2 is 2.10 bits per heavy atom. The maximum atomic E-state index is 12.2. The van der Waals surface area contributed by atoms with Crippen LogP contribution in [0.4, 0.5) is 5.82 Å². The molecule has 2 heterocycles. The lowest BCUT2D eigenvalue weighted by molar-refractivity contribution is -0.142. The van der Waals surface area contributed by atoms with Gasteiger partial charge in [0, 0.05) is 23.8 Å². The average Bonchev–Trinajstić information content (AvgIpc) is 2.43. The smallest absolute Gasteiger partial charge is 0.306 e. The molecule has 21 heavy (non-hydrogen) atoms. The molecule has 0 bridgehead atoms. The molecule has 0 aliphatic carbocycles.